The second kappa shape index (κ2) is 9.09. The summed E-state index contributed by atoms with van der Waals surface area (Å²) in [6, 6.07) is 9.31. The lowest BCUT2D eigenvalue weighted by atomic mass is 9.45. The van der Waals surface area contributed by atoms with Gasteiger partial charge in [-0.15, -0.1) is 0 Å². The first-order chi connectivity index (χ1) is 17.0. The molecule has 0 aliphatic heterocycles. The van der Waals surface area contributed by atoms with Crippen molar-refractivity contribution in [3.63, 3.8) is 0 Å². The number of aliphatic hydroxyl groups is 1. The van der Waals surface area contributed by atoms with E-state index in [1.165, 1.54) is 41.7 Å². The average molecular weight is 486 g/mol. The predicted octanol–water partition coefficient (Wildman–Crippen LogP) is 7.75. The molecule has 1 aromatic carbocycles. The van der Waals surface area contributed by atoms with Gasteiger partial charge in [0.15, 0.2) is 0 Å². The Morgan fingerprint density at radius 3 is 2.36 bits per heavy atom. The molecular formula is C34H47NO. The minimum absolute atomic E-state index is 0.147. The Balaban J connectivity index is 1.63. The highest BCUT2D eigenvalue weighted by Crippen LogP contribution is 2.68. The van der Waals surface area contributed by atoms with E-state index in [0.717, 1.165) is 32.1 Å². The normalized spacial score (nSPS) is 40.2. The molecule has 36 heavy (non-hydrogen) atoms. The maximum atomic E-state index is 12.2. The van der Waals surface area contributed by atoms with Gasteiger partial charge in [0.25, 0.3) is 0 Å². The summed E-state index contributed by atoms with van der Waals surface area (Å²) >= 11 is 0. The van der Waals surface area contributed by atoms with Gasteiger partial charge in [0.2, 0.25) is 0 Å². The lowest BCUT2D eigenvalue weighted by Crippen LogP contribution is -2.55. The van der Waals surface area contributed by atoms with Gasteiger partial charge in [-0.05, 0) is 98.7 Å². The minimum atomic E-state index is -0.868. The summed E-state index contributed by atoms with van der Waals surface area (Å²) < 4.78 is 0. The van der Waals surface area contributed by atoms with Crippen molar-refractivity contribution in [2.24, 2.45) is 34.5 Å². The van der Waals surface area contributed by atoms with Crippen LogP contribution >= 0.6 is 0 Å². The number of nitrogens with zero attached hydrogens (tertiary/aromatic N) is 1. The van der Waals surface area contributed by atoms with Gasteiger partial charge in [0.05, 0.1) is 0 Å². The van der Waals surface area contributed by atoms with Crippen LogP contribution in [0, 0.1) is 46.3 Å². The summed E-state index contributed by atoms with van der Waals surface area (Å²) in [5.41, 5.74) is 4.56. The topological polar surface area (TPSA) is 23.5 Å². The molecule has 4 aliphatic carbocycles. The van der Waals surface area contributed by atoms with Gasteiger partial charge in [-0.1, -0.05) is 75.0 Å². The van der Waals surface area contributed by atoms with Crippen LogP contribution in [-0.2, 0) is 0 Å². The van der Waals surface area contributed by atoms with Crippen molar-refractivity contribution >= 4 is 5.69 Å². The van der Waals surface area contributed by atoms with Gasteiger partial charge in [-0.25, -0.2) is 0 Å². The van der Waals surface area contributed by atoms with Crippen molar-refractivity contribution in [2.45, 2.75) is 90.6 Å². The highest BCUT2D eigenvalue weighted by Gasteiger charge is 2.64. The second-order valence-corrected chi connectivity index (χ2v) is 13.3. The monoisotopic (exact) mass is 485 g/mol. The fourth-order valence-corrected chi connectivity index (χ4v) is 8.46. The van der Waals surface area contributed by atoms with Crippen LogP contribution in [0.15, 0.2) is 48.1 Å². The van der Waals surface area contributed by atoms with E-state index in [0.29, 0.717) is 29.6 Å². The van der Waals surface area contributed by atoms with Crippen LogP contribution in [0.1, 0.15) is 90.5 Å². The zero-order valence-electron chi connectivity index (χ0n) is 23.5. The smallest absolute Gasteiger partial charge is 0.131 e. The summed E-state index contributed by atoms with van der Waals surface area (Å²) in [6.45, 7) is 14.0. The Kier molecular flexibility index (Phi) is 6.48. The van der Waals surface area contributed by atoms with Crippen LogP contribution in [0.3, 0.4) is 0 Å². The van der Waals surface area contributed by atoms with Gasteiger partial charge in [-0.3, -0.25) is 0 Å². The standard InChI is InChI=1S/C34H47NO/c1-8-28-30-17-20-34(36,19-16-25-9-10-25)33(30,5)22-29(26-11-13-27(14-12-26)35(6)7)31(28)32(4)18-15-23(2)21-24(32)3/h11-14,21,25,28-31,36H,2,8-10,15,17-18,20,22H2,1,3-7H3/t28-,29+,30-,31+,32-,33-,34-/m0/s1. The molecule has 1 aromatic rings. The SMILES string of the molecule is C=C1C=C(C)[C@@](C)([C@@H]2[C@@H](CC)[C@@H]3CC[C@@](O)(C#CC4CC4)[C@@]3(C)C[C@@H]2c2ccc(N(C)C)cc2)CC1. The lowest BCUT2D eigenvalue weighted by Gasteiger charge is -2.59. The van der Waals surface area contributed by atoms with E-state index >= 15 is 0 Å². The number of allylic oxidation sites excluding steroid dienone is 3. The maximum Gasteiger partial charge on any atom is 0.131 e. The summed E-state index contributed by atoms with van der Waals surface area (Å²) in [5.74, 6) is 9.52. The molecule has 0 heterocycles. The Morgan fingerprint density at radius 2 is 1.78 bits per heavy atom. The van der Waals surface area contributed by atoms with Crippen molar-refractivity contribution in [1.82, 2.24) is 0 Å². The van der Waals surface area contributed by atoms with Crippen molar-refractivity contribution in [2.75, 3.05) is 19.0 Å². The fourth-order valence-electron chi connectivity index (χ4n) is 8.46. The molecule has 194 valence electrons. The predicted molar refractivity (Wildman–Crippen MR) is 152 cm³/mol. The molecule has 1 N–H and O–H groups in total. The summed E-state index contributed by atoms with van der Waals surface area (Å²) in [6.07, 6.45) is 11.2. The second-order valence-electron chi connectivity index (χ2n) is 13.3. The molecule has 7 atom stereocenters. The first kappa shape index (κ1) is 25.7. The number of fused-ring (bicyclic) bond motifs is 1. The molecule has 0 aromatic heterocycles. The molecule has 0 radical (unpaired) electrons. The Hall–Kier alpha value is -1.98. The van der Waals surface area contributed by atoms with Crippen LogP contribution in [0.25, 0.3) is 0 Å². The van der Waals surface area contributed by atoms with Crippen molar-refractivity contribution in [1.29, 1.82) is 0 Å². The number of anilines is 1. The molecule has 2 nitrogen and oxygen atoms in total. The number of rotatable bonds is 4. The van der Waals surface area contributed by atoms with Crippen LogP contribution in [0.5, 0.6) is 0 Å². The molecule has 0 spiro atoms. The van der Waals surface area contributed by atoms with Gasteiger partial charge in [0.1, 0.15) is 5.60 Å². The molecule has 0 bridgehead atoms. The number of hydrogen-bond donors (Lipinski definition) is 1. The largest absolute Gasteiger partial charge is 0.378 e. The first-order valence-electron chi connectivity index (χ1n) is 14.4. The minimum Gasteiger partial charge on any atom is -0.378 e. The Labute approximate surface area is 220 Å². The molecule has 0 saturated heterocycles. The molecule has 0 amide bonds. The summed E-state index contributed by atoms with van der Waals surface area (Å²) in [7, 11) is 4.22. The fraction of sp³-hybridized carbons (Fsp3) is 0.647. The van der Waals surface area contributed by atoms with Gasteiger partial charge in [-0.2, -0.15) is 0 Å². The van der Waals surface area contributed by atoms with Crippen molar-refractivity contribution in [3.05, 3.63) is 53.6 Å². The van der Waals surface area contributed by atoms with E-state index in [1.807, 2.05) is 0 Å². The zero-order valence-corrected chi connectivity index (χ0v) is 23.5. The Morgan fingerprint density at radius 1 is 1.08 bits per heavy atom. The molecule has 5 rings (SSSR count). The summed E-state index contributed by atoms with van der Waals surface area (Å²) in [5, 5.41) is 12.2. The lowest BCUT2D eigenvalue weighted by molar-refractivity contribution is -0.101. The van der Waals surface area contributed by atoms with Crippen molar-refractivity contribution in [3.8, 4) is 11.8 Å². The van der Waals surface area contributed by atoms with Crippen LogP contribution < -0.4 is 4.90 Å². The van der Waals surface area contributed by atoms with E-state index in [9.17, 15) is 5.11 Å². The third-order valence-electron chi connectivity index (χ3n) is 11.0. The molecular weight excluding hydrogens is 438 g/mol. The maximum absolute atomic E-state index is 12.2. The van der Waals surface area contributed by atoms with Gasteiger partial charge < -0.3 is 10.0 Å². The molecule has 2 heteroatoms. The van der Waals surface area contributed by atoms with E-state index in [1.54, 1.807) is 0 Å². The molecule has 3 saturated carbocycles. The highest BCUT2D eigenvalue weighted by molar-refractivity contribution is 5.47. The van der Waals surface area contributed by atoms with E-state index in [-0.39, 0.29) is 10.8 Å². The third-order valence-corrected chi connectivity index (χ3v) is 11.0. The molecule has 0 unspecified atom stereocenters. The Bertz CT molecular complexity index is 1100. The first-order valence-corrected chi connectivity index (χ1v) is 14.4. The van der Waals surface area contributed by atoms with E-state index in [2.05, 4.69) is 95.5 Å². The molecule has 3 fully saturated rings. The highest BCUT2D eigenvalue weighted by atomic mass is 16.3. The van der Waals surface area contributed by atoms with E-state index in [4.69, 9.17) is 0 Å². The zero-order chi connectivity index (χ0) is 25.9. The summed E-state index contributed by atoms with van der Waals surface area (Å²) in [4.78, 5) is 2.18. The van der Waals surface area contributed by atoms with Crippen LogP contribution in [0.4, 0.5) is 5.69 Å². The quantitative estimate of drug-likeness (QED) is 0.441. The van der Waals surface area contributed by atoms with Crippen LogP contribution in [-0.4, -0.2) is 24.8 Å². The van der Waals surface area contributed by atoms with Gasteiger partial charge in [0, 0.05) is 31.1 Å². The number of benzene rings is 1. The number of hydrogen-bond acceptors (Lipinski definition) is 2. The third kappa shape index (κ3) is 4.07. The van der Waals surface area contributed by atoms with Crippen LogP contribution in [0.2, 0.25) is 0 Å². The van der Waals surface area contributed by atoms with E-state index < -0.39 is 5.60 Å². The molecule has 4 aliphatic rings. The van der Waals surface area contributed by atoms with Gasteiger partial charge >= 0.3 is 0 Å². The average Bonchev–Trinajstić information content (AvgIpc) is 3.64. The van der Waals surface area contributed by atoms with Crippen molar-refractivity contribution < 1.29 is 5.11 Å².